The highest BCUT2D eigenvalue weighted by molar-refractivity contribution is 6.03. The average Bonchev–Trinajstić information content (AvgIpc) is 2.83. The van der Waals surface area contributed by atoms with E-state index in [1.165, 1.54) is 24.5 Å². The number of nitrogens with zero attached hydrogens (tertiary/aromatic N) is 1. The molecule has 1 aromatic heterocycles. The summed E-state index contributed by atoms with van der Waals surface area (Å²) in [5.74, 6) is -0.898. The highest BCUT2D eigenvalue weighted by Crippen LogP contribution is 2.10. The lowest BCUT2D eigenvalue weighted by atomic mass is 10.2. The molecule has 17 heavy (non-hydrogen) atoms. The molecule has 2 aromatic rings. The fraction of sp³-hybridized carbons (Fsp3) is 0. The van der Waals surface area contributed by atoms with Gasteiger partial charge in [0.2, 0.25) is 5.91 Å². The van der Waals surface area contributed by atoms with Crippen LogP contribution in [0.25, 0.3) is 0 Å². The third-order valence-corrected chi connectivity index (χ3v) is 2.10. The Labute approximate surface area is 96.4 Å². The Morgan fingerprint density at radius 3 is 2.41 bits per heavy atom. The van der Waals surface area contributed by atoms with Crippen molar-refractivity contribution in [1.82, 2.24) is 5.16 Å². The van der Waals surface area contributed by atoms with Crippen LogP contribution in [0, 0.1) is 0 Å². The predicted molar refractivity (Wildman–Crippen MR) is 59.4 cm³/mol. The van der Waals surface area contributed by atoms with E-state index in [1.54, 1.807) is 12.1 Å². The van der Waals surface area contributed by atoms with E-state index in [0.717, 1.165) is 0 Å². The van der Waals surface area contributed by atoms with Crippen molar-refractivity contribution in [1.29, 1.82) is 0 Å². The number of rotatable bonds is 3. The van der Waals surface area contributed by atoms with E-state index in [4.69, 9.17) is 5.73 Å². The molecule has 2 rings (SSSR count). The molecule has 0 aliphatic rings. The van der Waals surface area contributed by atoms with Crippen molar-refractivity contribution in [3.05, 3.63) is 47.9 Å². The van der Waals surface area contributed by atoms with Crippen LogP contribution in [0.2, 0.25) is 0 Å². The SMILES string of the molecule is NC(=O)c1ccc(NC(=O)c2ccon2)cc1. The van der Waals surface area contributed by atoms with E-state index >= 15 is 0 Å². The summed E-state index contributed by atoms with van der Waals surface area (Å²) in [6.45, 7) is 0. The second-order valence-corrected chi connectivity index (χ2v) is 3.28. The summed E-state index contributed by atoms with van der Waals surface area (Å²) in [6.07, 6.45) is 1.31. The second kappa shape index (κ2) is 4.48. The maximum Gasteiger partial charge on any atom is 0.277 e. The minimum atomic E-state index is -0.514. The van der Waals surface area contributed by atoms with Crippen molar-refractivity contribution in [3.8, 4) is 0 Å². The van der Waals surface area contributed by atoms with Gasteiger partial charge in [-0.2, -0.15) is 0 Å². The first-order chi connectivity index (χ1) is 8.16. The van der Waals surface area contributed by atoms with Crippen LogP contribution in [-0.2, 0) is 0 Å². The van der Waals surface area contributed by atoms with Gasteiger partial charge in [0.25, 0.3) is 5.91 Å². The number of nitrogens with one attached hydrogen (secondary N) is 1. The number of anilines is 1. The number of amides is 2. The van der Waals surface area contributed by atoms with Gasteiger partial charge in [0, 0.05) is 17.3 Å². The zero-order valence-corrected chi connectivity index (χ0v) is 8.71. The van der Waals surface area contributed by atoms with Crippen molar-refractivity contribution in [2.45, 2.75) is 0 Å². The topological polar surface area (TPSA) is 98.2 Å². The molecular weight excluding hydrogens is 222 g/mol. The Kier molecular flexibility index (Phi) is 2.87. The molecule has 0 aliphatic carbocycles. The van der Waals surface area contributed by atoms with Crippen molar-refractivity contribution >= 4 is 17.5 Å². The highest BCUT2D eigenvalue weighted by Gasteiger charge is 2.09. The lowest BCUT2D eigenvalue weighted by Crippen LogP contribution is -2.13. The molecule has 0 bridgehead atoms. The molecule has 0 spiro atoms. The minimum absolute atomic E-state index is 0.184. The van der Waals surface area contributed by atoms with Crippen molar-refractivity contribution < 1.29 is 14.1 Å². The van der Waals surface area contributed by atoms with Crippen LogP contribution in [0.5, 0.6) is 0 Å². The Bertz CT molecular complexity index is 532. The molecule has 0 aliphatic heterocycles. The van der Waals surface area contributed by atoms with Gasteiger partial charge >= 0.3 is 0 Å². The summed E-state index contributed by atoms with van der Waals surface area (Å²) < 4.78 is 4.55. The Morgan fingerprint density at radius 1 is 1.18 bits per heavy atom. The van der Waals surface area contributed by atoms with Gasteiger partial charge in [-0.3, -0.25) is 9.59 Å². The summed E-state index contributed by atoms with van der Waals surface area (Å²) in [6, 6.07) is 7.67. The quantitative estimate of drug-likeness (QED) is 0.823. The first kappa shape index (κ1) is 10.9. The zero-order valence-electron chi connectivity index (χ0n) is 8.71. The van der Waals surface area contributed by atoms with Gasteiger partial charge in [-0.1, -0.05) is 5.16 Å². The number of primary amides is 1. The molecule has 1 aromatic carbocycles. The third-order valence-electron chi connectivity index (χ3n) is 2.10. The molecule has 0 atom stereocenters. The summed E-state index contributed by atoms with van der Waals surface area (Å²) in [4.78, 5) is 22.4. The summed E-state index contributed by atoms with van der Waals surface area (Å²) >= 11 is 0. The van der Waals surface area contributed by atoms with Crippen LogP contribution in [-0.4, -0.2) is 17.0 Å². The molecule has 6 nitrogen and oxygen atoms in total. The van der Waals surface area contributed by atoms with Crippen molar-refractivity contribution in [2.75, 3.05) is 5.32 Å². The van der Waals surface area contributed by atoms with Crippen molar-refractivity contribution in [2.24, 2.45) is 5.73 Å². The number of hydrogen-bond acceptors (Lipinski definition) is 4. The normalized spacial score (nSPS) is 9.88. The molecule has 0 saturated heterocycles. The lowest BCUT2D eigenvalue weighted by Gasteiger charge is -2.03. The molecule has 2 amide bonds. The molecule has 0 radical (unpaired) electrons. The highest BCUT2D eigenvalue weighted by atomic mass is 16.5. The molecule has 6 heteroatoms. The number of carbonyl (C=O) groups is 2. The smallest absolute Gasteiger partial charge is 0.277 e. The number of hydrogen-bond donors (Lipinski definition) is 2. The average molecular weight is 231 g/mol. The van der Waals surface area contributed by atoms with Gasteiger partial charge < -0.3 is 15.6 Å². The molecular formula is C11H9N3O3. The molecule has 86 valence electrons. The van der Waals surface area contributed by atoms with Crippen LogP contribution in [0.15, 0.2) is 41.1 Å². The van der Waals surface area contributed by atoms with Crippen LogP contribution in [0.3, 0.4) is 0 Å². The van der Waals surface area contributed by atoms with Crippen LogP contribution in [0.4, 0.5) is 5.69 Å². The minimum Gasteiger partial charge on any atom is -0.366 e. The first-order valence-electron chi connectivity index (χ1n) is 4.78. The van der Waals surface area contributed by atoms with E-state index < -0.39 is 5.91 Å². The van der Waals surface area contributed by atoms with Crippen LogP contribution < -0.4 is 11.1 Å². The Hall–Kier alpha value is -2.63. The van der Waals surface area contributed by atoms with Gasteiger partial charge in [-0.05, 0) is 24.3 Å². The first-order valence-corrected chi connectivity index (χ1v) is 4.78. The number of carbonyl (C=O) groups excluding carboxylic acids is 2. The molecule has 0 unspecified atom stereocenters. The summed E-state index contributed by atoms with van der Waals surface area (Å²) in [5.41, 5.74) is 6.20. The van der Waals surface area contributed by atoms with E-state index in [1.807, 2.05) is 0 Å². The molecule has 1 heterocycles. The maximum atomic E-state index is 11.6. The molecule has 0 fully saturated rings. The van der Waals surface area contributed by atoms with E-state index in [0.29, 0.717) is 11.3 Å². The Morgan fingerprint density at radius 2 is 1.88 bits per heavy atom. The summed E-state index contributed by atoms with van der Waals surface area (Å²) in [5, 5.41) is 6.09. The van der Waals surface area contributed by atoms with Gasteiger partial charge in [0.15, 0.2) is 5.69 Å². The lowest BCUT2D eigenvalue weighted by molar-refractivity contribution is 0.0997. The van der Waals surface area contributed by atoms with Crippen LogP contribution in [0.1, 0.15) is 20.8 Å². The largest absolute Gasteiger partial charge is 0.366 e. The number of nitrogens with two attached hydrogens (primary N) is 1. The maximum absolute atomic E-state index is 11.6. The van der Waals surface area contributed by atoms with E-state index in [2.05, 4.69) is 15.0 Å². The molecule has 0 saturated carbocycles. The van der Waals surface area contributed by atoms with E-state index in [9.17, 15) is 9.59 Å². The monoisotopic (exact) mass is 231 g/mol. The van der Waals surface area contributed by atoms with Gasteiger partial charge in [0.05, 0.1) is 0 Å². The van der Waals surface area contributed by atoms with Gasteiger partial charge in [0.1, 0.15) is 6.26 Å². The fourth-order valence-electron chi connectivity index (χ4n) is 1.24. The van der Waals surface area contributed by atoms with E-state index in [-0.39, 0.29) is 11.6 Å². The fourth-order valence-corrected chi connectivity index (χ4v) is 1.24. The zero-order chi connectivity index (χ0) is 12.3. The predicted octanol–water partition coefficient (Wildman–Crippen LogP) is 1.03. The second-order valence-electron chi connectivity index (χ2n) is 3.28. The number of aromatic nitrogens is 1. The number of benzene rings is 1. The Balaban J connectivity index is 2.09. The van der Waals surface area contributed by atoms with Gasteiger partial charge in [-0.15, -0.1) is 0 Å². The molecule has 3 N–H and O–H groups in total. The van der Waals surface area contributed by atoms with Crippen molar-refractivity contribution in [3.63, 3.8) is 0 Å². The standard InChI is InChI=1S/C11H9N3O3/c12-10(15)7-1-3-8(4-2-7)13-11(16)9-5-6-17-14-9/h1-6H,(H2,12,15)(H,13,16). The van der Waals surface area contributed by atoms with Gasteiger partial charge in [-0.25, -0.2) is 0 Å². The summed E-state index contributed by atoms with van der Waals surface area (Å²) in [7, 11) is 0. The van der Waals surface area contributed by atoms with Crippen LogP contribution >= 0.6 is 0 Å². The third kappa shape index (κ3) is 2.49.